The number of unbranched alkanes of at least 4 members (excludes halogenated alkanes) is 2. The summed E-state index contributed by atoms with van der Waals surface area (Å²) in [6.07, 6.45) is 8.26. The van der Waals surface area contributed by atoms with Gasteiger partial charge in [-0.15, -0.1) is 11.6 Å². The number of ketones is 1. The summed E-state index contributed by atoms with van der Waals surface area (Å²) in [7, 11) is 4.39. The zero-order chi connectivity index (χ0) is 24.0. The lowest BCUT2D eigenvalue weighted by Gasteiger charge is -2.31. The topological polar surface area (TPSA) is 46.5 Å². The molecule has 0 fully saturated rings. The van der Waals surface area contributed by atoms with Gasteiger partial charge < -0.3 is 14.3 Å². The number of benzene rings is 2. The second-order valence-corrected chi connectivity index (χ2v) is 8.61. The van der Waals surface area contributed by atoms with Crippen LogP contribution in [-0.4, -0.2) is 68.8 Å². The van der Waals surface area contributed by atoms with Gasteiger partial charge in [-0.25, -0.2) is 0 Å². The van der Waals surface area contributed by atoms with E-state index in [9.17, 15) is 4.79 Å². The van der Waals surface area contributed by atoms with Crippen LogP contribution in [0.1, 0.15) is 55.5 Å². The molecule has 0 spiro atoms. The lowest BCUT2D eigenvalue weighted by molar-refractivity contribution is -0.885. The Kier molecular flexibility index (Phi) is 13.4. The van der Waals surface area contributed by atoms with Crippen molar-refractivity contribution in [3.63, 3.8) is 0 Å². The van der Waals surface area contributed by atoms with Crippen molar-refractivity contribution in [3.05, 3.63) is 53.1 Å². The molecule has 0 saturated heterocycles. The van der Waals surface area contributed by atoms with Crippen molar-refractivity contribution < 1.29 is 19.1 Å². The number of aliphatic hydroxyl groups is 1. The van der Waals surface area contributed by atoms with E-state index in [0.717, 1.165) is 58.9 Å². The van der Waals surface area contributed by atoms with Gasteiger partial charge in [0.05, 0.1) is 39.4 Å². The first kappa shape index (κ1) is 28.3. The SMILES string of the molecule is CCCCCOCCO.CCC[N+](C)(C)CC1=Cc2cccc3cccc(c23)C1=O.CCl. The van der Waals surface area contributed by atoms with Crippen molar-refractivity contribution in [2.24, 2.45) is 0 Å². The van der Waals surface area contributed by atoms with E-state index in [1.165, 1.54) is 24.8 Å². The highest BCUT2D eigenvalue weighted by Gasteiger charge is 2.26. The molecule has 1 N–H and O–H groups in total. The molecule has 0 radical (unpaired) electrons. The van der Waals surface area contributed by atoms with E-state index in [4.69, 9.17) is 9.84 Å². The first-order chi connectivity index (χ1) is 15.4. The Balaban J connectivity index is 0.000000396. The molecule has 4 nitrogen and oxygen atoms in total. The summed E-state index contributed by atoms with van der Waals surface area (Å²) in [6.45, 7) is 7.65. The number of alkyl halides is 1. The first-order valence-electron chi connectivity index (χ1n) is 11.6. The highest BCUT2D eigenvalue weighted by molar-refractivity contribution is 6.22. The number of hydrogen-bond acceptors (Lipinski definition) is 3. The van der Waals surface area contributed by atoms with E-state index >= 15 is 0 Å². The van der Waals surface area contributed by atoms with E-state index in [1.54, 1.807) is 0 Å². The zero-order valence-electron chi connectivity index (χ0n) is 20.5. The lowest BCUT2D eigenvalue weighted by Crippen LogP contribution is -2.43. The smallest absolute Gasteiger partial charge is 0.195 e. The fraction of sp³-hybridized carbons (Fsp3) is 0.519. The molecule has 0 heterocycles. The zero-order valence-corrected chi connectivity index (χ0v) is 21.3. The van der Waals surface area contributed by atoms with Gasteiger partial charge in [-0.05, 0) is 29.9 Å². The van der Waals surface area contributed by atoms with E-state index in [0.29, 0.717) is 6.61 Å². The number of likely N-dealkylation sites (N-methyl/N-ethyl adjacent to an activating group) is 1. The fourth-order valence-electron chi connectivity index (χ4n) is 3.99. The van der Waals surface area contributed by atoms with Gasteiger partial charge in [-0.2, -0.15) is 0 Å². The monoisotopic (exact) mass is 462 g/mol. The summed E-state index contributed by atoms with van der Waals surface area (Å²) in [4.78, 5) is 12.8. The molecule has 1 aliphatic rings. The molecule has 3 rings (SSSR count). The van der Waals surface area contributed by atoms with Crippen LogP contribution in [-0.2, 0) is 4.74 Å². The van der Waals surface area contributed by atoms with Gasteiger partial charge in [0, 0.05) is 23.9 Å². The standard InChI is InChI=1S/C19H22NO.C7H16O2.CH3Cl/c1-4-11-20(2,3)13-16-12-15-9-5-7-14-8-6-10-17(18(14)15)19(16)21;1-2-3-4-6-9-7-5-8;1-2/h5-10,12H,4,11,13H2,1-3H3;8H,2-7H2,1H3;1H3/q+1;;. The molecular weight excluding hydrogens is 422 g/mol. The molecular formula is C27H41ClNO3+. The van der Waals surface area contributed by atoms with E-state index in [2.05, 4.69) is 69.9 Å². The predicted octanol–water partition coefficient (Wildman–Crippen LogP) is 5.95. The summed E-state index contributed by atoms with van der Waals surface area (Å²) >= 11 is 4.64. The normalized spacial score (nSPS) is 12.5. The van der Waals surface area contributed by atoms with Crippen molar-refractivity contribution in [1.82, 2.24) is 0 Å². The van der Waals surface area contributed by atoms with Crippen LogP contribution in [0, 0.1) is 0 Å². The lowest BCUT2D eigenvalue weighted by atomic mass is 9.87. The summed E-state index contributed by atoms with van der Waals surface area (Å²) in [5.74, 6) is 0.196. The number of carbonyl (C=O) groups excluding carboxylic acids is 1. The first-order valence-corrected chi connectivity index (χ1v) is 12.3. The van der Waals surface area contributed by atoms with Crippen molar-refractivity contribution in [1.29, 1.82) is 0 Å². The third kappa shape index (κ3) is 8.67. The van der Waals surface area contributed by atoms with Crippen LogP contribution in [0.2, 0.25) is 0 Å². The Bertz CT molecular complexity index is 850. The highest BCUT2D eigenvalue weighted by atomic mass is 35.5. The number of aliphatic hydroxyl groups excluding tert-OH is 1. The predicted molar refractivity (Wildman–Crippen MR) is 138 cm³/mol. The van der Waals surface area contributed by atoms with E-state index in [-0.39, 0.29) is 12.4 Å². The minimum Gasteiger partial charge on any atom is -0.394 e. The molecule has 1 aliphatic carbocycles. The van der Waals surface area contributed by atoms with Gasteiger partial charge >= 0.3 is 0 Å². The van der Waals surface area contributed by atoms with Crippen LogP contribution < -0.4 is 0 Å². The maximum Gasteiger partial charge on any atom is 0.195 e. The number of ether oxygens (including phenoxy) is 1. The van der Waals surface area contributed by atoms with Gasteiger partial charge in [0.15, 0.2) is 5.78 Å². The van der Waals surface area contributed by atoms with Crippen molar-refractivity contribution in [3.8, 4) is 0 Å². The molecule has 0 saturated carbocycles. The molecule has 2 aromatic carbocycles. The van der Waals surface area contributed by atoms with Gasteiger partial charge in [-0.1, -0.05) is 63.1 Å². The quantitative estimate of drug-likeness (QED) is 0.269. The fourth-order valence-corrected chi connectivity index (χ4v) is 3.99. The molecule has 0 amide bonds. The van der Waals surface area contributed by atoms with Crippen molar-refractivity contribution >= 4 is 34.2 Å². The Morgan fingerprint density at radius 1 is 0.969 bits per heavy atom. The van der Waals surface area contributed by atoms with E-state index < -0.39 is 0 Å². The number of Topliss-reactive ketones (excluding diaryl/α,β-unsaturated/α-hetero) is 1. The van der Waals surface area contributed by atoms with Gasteiger partial charge in [0.1, 0.15) is 6.54 Å². The average molecular weight is 463 g/mol. The number of carbonyl (C=O) groups is 1. The summed E-state index contributed by atoms with van der Waals surface area (Å²) in [6, 6.07) is 12.3. The van der Waals surface area contributed by atoms with Crippen LogP contribution >= 0.6 is 11.6 Å². The molecule has 0 unspecified atom stereocenters. The molecule has 178 valence electrons. The average Bonchev–Trinajstić information content (AvgIpc) is 2.79. The molecule has 0 aromatic heterocycles. The molecule has 0 aliphatic heterocycles. The third-order valence-electron chi connectivity index (χ3n) is 5.36. The number of halogens is 1. The number of quaternary nitrogens is 1. The molecule has 32 heavy (non-hydrogen) atoms. The minimum absolute atomic E-state index is 0.145. The van der Waals surface area contributed by atoms with Crippen LogP contribution in [0.15, 0.2) is 42.0 Å². The Hall–Kier alpha value is -1.72. The molecule has 5 heteroatoms. The van der Waals surface area contributed by atoms with Crippen molar-refractivity contribution in [2.45, 2.75) is 39.5 Å². The Labute approximate surface area is 199 Å². The molecule has 0 bridgehead atoms. The Morgan fingerprint density at radius 2 is 1.66 bits per heavy atom. The van der Waals surface area contributed by atoms with Crippen LogP contribution in [0.25, 0.3) is 16.8 Å². The summed E-state index contributed by atoms with van der Waals surface area (Å²) < 4.78 is 5.89. The van der Waals surface area contributed by atoms with Crippen LogP contribution in [0.5, 0.6) is 0 Å². The van der Waals surface area contributed by atoms with Gasteiger partial charge in [0.2, 0.25) is 0 Å². The molecule has 0 atom stereocenters. The highest BCUT2D eigenvalue weighted by Crippen LogP contribution is 2.31. The largest absolute Gasteiger partial charge is 0.394 e. The maximum atomic E-state index is 12.8. The second-order valence-electron chi connectivity index (χ2n) is 8.61. The maximum absolute atomic E-state index is 12.8. The number of nitrogens with zero attached hydrogens (tertiary/aromatic N) is 1. The number of hydrogen-bond donors (Lipinski definition) is 1. The summed E-state index contributed by atoms with van der Waals surface area (Å²) in [5.41, 5.74) is 2.96. The third-order valence-corrected chi connectivity index (χ3v) is 5.36. The minimum atomic E-state index is 0.145. The van der Waals surface area contributed by atoms with Crippen molar-refractivity contribution in [2.75, 3.05) is 53.4 Å². The van der Waals surface area contributed by atoms with Crippen LogP contribution in [0.3, 0.4) is 0 Å². The van der Waals surface area contributed by atoms with Crippen LogP contribution in [0.4, 0.5) is 0 Å². The Morgan fingerprint density at radius 3 is 2.28 bits per heavy atom. The van der Waals surface area contributed by atoms with E-state index in [1.807, 2.05) is 12.1 Å². The number of rotatable bonds is 10. The second kappa shape index (κ2) is 15.2. The van der Waals surface area contributed by atoms with Gasteiger partial charge in [0.25, 0.3) is 0 Å². The summed E-state index contributed by atoms with van der Waals surface area (Å²) in [5, 5.41) is 10.6. The molecule has 2 aromatic rings. The van der Waals surface area contributed by atoms with Gasteiger partial charge in [-0.3, -0.25) is 4.79 Å².